The van der Waals surface area contributed by atoms with E-state index >= 15 is 0 Å². The molecule has 0 aliphatic heterocycles. The van der Waals surface area contributed by atoms with Gasteiger partial charge in [0.1, 0.15) is 0 Å². The fraction of sp³-hybridized carbons (Fsp3) is 0. The van der Waals surface area contributed by atoms with Crippen LogP contribution in [0.3, 0.4) is 0 Å². The van der Waals surface area contributed by atoms with Crippen LogP contribution < -0.4 is 5.56 Å². The van der Waals surface area contributed by atoms with Crippen molar-refractivity contribution in [3.63, 3.8) is 0 Å². The van der Waals surface area contributed by atoms with Crippen LogP contribution in [0.2, 0.25) is 5.02 Å². The highest BCUT2D eigenvalue weighted by Gasteiger charge is 2.07. The van der Waals surface area contributed by atoms with Crippen LogP contribution in [0.4, 0.5) is 0 Å². The zero-order valence-electron chi connectivity index (χ0n) is 9.78. The first-order valence-corrected chi connectivity index (χ1v) is 6.89. The number of nitrogens with one attached hydrogen (secondary N) is 1. The summed E-state index contributed by atoms with van der Waals surface area (Å²) in [7, 11) is 0. The van der Waals surface area contributed by atoms with Gasteiger partial charge in [-0.15, -0.1) is 0 Å². The second kappa shape index (κ2) is 4.83. The summed E-state index contributed by atoms with van der Waals surface area (Å²) in [6.45, 7) is 0. The maximum absolute atomic E-state index is 11.7. The van der Waals surface area contributed by atoms with Crippen LogP contribution >= 0.6 is 27.5 Å². The summed E-state index contributed by atoms with van der Waals surface area (Å²) in [5.74, 6) is 0. The summed E-state index contributed by atoms with van der Waals surface area (Å²) < 4.78 is 0.968. The lowest BCUT2D eigenvalue weighted by atomic mass is 10.0. The number of fused-ring (bicyclic) bond motifs is 1. The minimum atomic E-state index is -0.121. The highest BCUT2D eigenvalue weighted by atomic mass is 79.9. The Hall–Kier alpha value is -1.58. The first-order chi connectivity index (χ1) is 9.13. The first kappa shape index (κ1) is 12.5. The van der Waals surface area contributed by atoms with Gasteiger partial charge in [0.2, 0.25) is 5.56 Å². The molecule has 94 valence electrons. The number of hydrogen-bond donors (Lipinski definition) is 1. The van der Waals surface area contributed by atoms with Crippen molar-refractivity contribution in [2.24, 2.45) is 0 Å². The summed E-state index contributed by atoms with van der Waals surface area (Å²) in [6.07, 6.45) is 0. The molecule has 1 aromatic heterocycles. The second-order valence-electron chi connectivity index (χ2n) is 4.25. The van der Waals surface area contributed by atoms with Crippen molar-refractivity contribution in [3.05, 3.63) is 68.4 Å². The molecule has 2 aromatic carbocycles. The fourth-order valence-electron chi connectivity index (χ4n) is 2.12. The van der Waals surface area contributed by atoms with Gasteiger partial charge < -0.3 is 4.98 Å². The molecule has 0 saturated carbocycles. The van der Waals surface area contributed by atoms with Gasteiger partial charge in [-0.05, 0) is 41.5 Å². The average molecular weight is 335 g/mol. The predicted molar refractivity (Wildman–Crippen MR) is 82.7 cm³/mol. The molecule has 0 aliphatic rings. The Labute approximate surface area is 123 Å². The smallest absolute Gasteiger partial charge is 0.249 e. The Kier molecular flexibility index (Phi) is 3.17. The molecule has 3 aromatic rings. The molecule has 19 heavy (non-hydrogen) atoms. The normalized spacial score (nSPS) is 10.8. The molecule has 3 rings (SSSR count). The van der Waals surface area contributed by atoms with Crippen molar-refractivity contribution in [1.82, 2.24) is 4.98 Å². The van der Waals surface area contributed by atoms with Gasteiger partial charge in [0.15, 0.2) is 0 Å². The Morgan fingerprint density at radius 1 is 1.05 bits per heavy atom. The molecule has 0 amide bonds. The van der Waals surface area contributed by atoms with E-state index in [1.807, 2.05) is 42.5 Å². The lowest BCUT2D eigenvalue weighted by molar-refractivity contribution is 1.31. The van der Waals surface area contributed by atoms with Crippen molar-refractivity contribution < 1.29 is 0 Å². The van der Waals surface area contributed by atoms with E-state index in [4.69, 9.17) is 11.6 Å². The third-order valence-corrected chi connectivity index (χ3v) is 3.67. The quantitative estimate of drug-likeness (QED) is 0.692. The van der Waals surface area contributed by atoms with Gasteiger partial charge in [0, 0.05) is 26.5 Å². The molecule has 0 aliphatic carbocycles. The lowest BCUT2D eigenvalue weighted by Gasteiger charge is -2.07. The third kappa shape index (κ3) is 2.44. The van der Waals surface area contributed by atoms with Crippen LogP contribution in [0, 0.1) is 0 Å². The van der Waals surface area contributed by atoms with Gasteiger partial charge >= 0.3 is 0 Å². The van der Waals surface area contributed by atoms with Gasteiger partial charge in [-0.3, -0.25) is 4.79 Å². The van der Waals surface area contributed by atoms with Crippen LogP contribution in [0.25, 0.3) is 22.0 Å². The molecule has 0 atom stereocenters. The maximum atomic E-state index is 11.7. The molecule has 0 unspecified atom stereocenters. The summed E-state index contributed by atoms with van der Waals surface area (Å²) in [6, 6.07) is 14.9. The van der Waals surface area contributed by atoms with Crippen molar-refractivity contribution in [2.75, 3.05) is 0 Å². The largest absolute Gasteiger partial charge is 0.322 e. The number of aromatic nitrogens is 1. The van der Waals surface area contributed by atoms with E-state index in [-0.39, 0.29) is 5.56 Å². The minimum absolute atomic E-state index is 0.121. The molecule has 1 heterocycles. The highest BCUT2D eigenvalue weighted by Crippen LogP contribution is 2.29. The molecular weight excluding hydrogens is 326 g/mol. The van der Waals surface area contributed by atoms with Crippen LogP contribution in [0.5, 0.6) is 0 Å². The van der Waals surface area contributed by atoms with Crippen molar-refractivity contribution in [2.45, 2.75) is 0 Å². The molecule has 0 radical (unpaired) electrons. The van der Waals surface area contributed by atoms with Crippen molar-refractivity contribution in [3.8, 4) is 11.1 Å². The number of aromatic amines is 1. The Morgan fingerprint density at radius 2 is 1.89 bits per heavy atom. The van der Waals surface area contributed by atoms with E-state index in [1.54, 1.807) is 6.07 Å². The molecule has 0 saturated heterocycles. The van der Waals surface area contributed by atoms with E-state index in [0.717, 1.165) is 26.5 Å². The summed E-state index contributed by atoms with van der Waals surface area (Å²) >= 11 is 9.48. The third-order valence-electron chi connectivity index (χ3n) is 2.94. The van der Waals surface area contributed by atoms with E-state index in [0.29, 0.717) is 5.02 Å². The summed E-state index contributed by atoms with van der Waals surface area (Å²) in [4.78, 5) is 14.6. The van der Waals surface area contributed by atoms with E-state index in [9.17, 15) is 4.79 Å². The number of benzene rings is 2. The average Bonchev–Trinajstić information content (AvgIpc) is 2.38. The Balaban J connectivity index is 2.39. The van der Waals surface area contributed by atoms with E-state index in [1.165, 1.54) is 0 Å². The van der Waals surface area contributed by atoms with Gasteiger partial charge in [0.05, 0.1) is 0 Å². The Morgan fingerprint density at radius 3 is 2.68 bits per heavy atom. The first-order valence-electron chi connectivity index (χ1n) is 5.72. The monoisotopic (exact) mass is 333 g/mol. The topological polar surface area (TPSA) is 32.9 Å². The summed E-state index contributed by atoms with van der Waals surface area (Å²) in [5, 5.41) is 1.64. The highest BCUT2D eigenvalue weighted by molar-refractivity contribution is 9.10. The molecule has 2 nitrogen and oxygen atoms in total. The van der Waals surface area contributed by atoms with Crippen LogP contribution in [-0.4, -0.2) is 4.98 Å². The molecule has 0 bridgehead atoms. The number of H-pyrrole nitrogens is 1. The van der Waals surface area contributed by atoms with E-state index in [2.05, 4.69) is 20.9 Å². The standard InChI is InChI=1S/C15H9BrClNO/c16-10-4-5-14-13(7-10)12(8-15(19)18-14)9-2-1-3-11(17)6-9/h1-8H,(H,18,19). The van der Waals surface area contributed by atoms with Gasteiger partial charge in [-0.2, -0.15) is 0 Å². The van der Waals surface area contributed by atoms with Crippen LogP contribution in [-0.2, 0) is 0 Å². The molecule has 0 fully saturated rings. The molecule has 1 N–H and O–H groups in total. The molecular formula is C15H9BrClNO. The zero-order valence-corrected chi connectivity index (χ0v) is 12.1. The number of hydrogen-bond acceptors (Lipinski definition) is 1. The second-order valence-corrected chi connectivity index (χ2v) is 5.60. The van der Waals surface area contributed by atoms with Crippen molar-refractivity contribution in [1.29, 1.82) is 0 Å². The number of rotatable bonds is 1. The van der Waals surface area contributed by atoms with Crippen LogP contribution in [0.1, 0.15) is 0 Å². The fourth-order valence-corrected chi connectivity index (χ4v) is 2.67. The minimum Gasteiger partial charge on any atom is -0.322 e. The SMILES string of the molecule is O=c1cc(-c2cccc(Cl)c2)c2cc(Br)ccc2[nH]1. The van der Waals surface area contributed by atoms with E-state index < -0.39 is 0 Å². The lowest BCUT2D eigenvalue weighted by Crippen LogP contribution is -2.04. The van der Waals surface area contributed by atoms with Crippen LogP contribution in [0.15, 0.2) is 57.8 Å². The van der Waals surface area contributed by atoms with Gasteiger partial charge in [-0.1, -0.05) is 39.7 Å². The molecule has 4 heteroatoms. The van der Waals surface area contributed by atoms with Gasteiger partial charge in [0.25, 0.3) is 0 Å². The number of halogens is 2. The Bertz CT molecular complexity index is 826. The molecule has 0 spiro atoms. The summed E-state index contributed by atoms with van der Waals surface area (Å²) in [5.41, 5.74) is 2.50. The van der Waals surface area contributed by atoms with Gasteiger partial charge in [-0.25, -0.2) is 0 Å². The van der Waals surface area contributed by atoms with Crippen molar-refractivity contribution >= 4 is 38.4 Å². The zero-order chi connectivity index (χ0) is 13.4. The number of pyridine rings is 1. The maximum Gasteiger partial charge on any atom is 0.249 e. The predicted octanol–water partition coefficient (Wildman–Crippen LogP) is 4.61.